The van der Waals surface area contributed by atoms with Gasteiger partial charge >= 0.3 is 0 Å². The molecular formula is C29H35N3O4S. The van der Waals surface area contributed by atoms with Crippen LogP contribution >= 0.6 is 0 Å². The van der Waals surface area contributed by atoms with E-state index in [0.717, 1.165) is 28.3 Å². The lowest BCUT2D eigenvalue weighted by atomic mass is 10.1. The lowest BCUT2D eigenvalue weighted by molar-refractivity contribution is -0.140. The molecule has 0 bridgehead atoms. The van der Waals surface area contributed by atoms with Crippen molar-refractivity contribution in [2.45, 2.75) is 70.5 Å². The van der Waals surface area contributed by atoms with Gasteiger partial charge in [-0.1, -0.05) is 61.0 Å². The molecule has 0 fully saturated rings. The number of anilines is 1. The number of nitrogens with one attached hydrogen (secondary N) is 1. The molecule has 0 aromatic heterocycles. The van der Waals surface area contributed by atoms with Crippen molar-refractivity contribution in [3.05, 3.63) is 71.8 Å². The van der Waals surface area contributed by atoms with Crippen molar-refractivity contribution in [1.29, 1.82) is 0 Å². The highest BCUT2D eigenvalue weighted by Crippen LogP contribution is 2.42. The van der Waals surface area contributed by atoms with E-state index in [1.54, 1.807) is 24.0 Å². The van der Waals surface area contributed by atoms with Crippen molar-refractivity contribution in [3.63, 3.8) is 0 Å². The largest absolute Gasteiger partial charge is 0.352 e. The van der Waals surface area contributed by atoms with E-state index in [9.17, 15) is 18.0 Å². The summed E-state index contributed by atoms with van der Waals surface area (Å²) >= 11 is 0. The Morgan fingerprint density at radius 1 is 1.03 bits per heavy atom. The van der Waals surface area contributed by atoms with E-state index < -0.39 is 16.1 Å². The topological polar surface area (TPSA) is 86.8 Å². The maximum atomic E-state index is 13.5. The highest BCUT2D eigenvalue weighted by atomic mass is 32.2. The van der Waals surface area contributed by atoms with Crippen LogP contribution in [0, 0.1) is 6.92 Å². The minimum absolute atomic E-state index is 0.00980. The van der Waals surface area contributed by atoms with Gasteiger partial charge in [-0.25, -0.2) is 8.42 Å². The van der Waals surface area contributed by atoms with E-state index in [1.807, 2.05) is 69.3 Å². The van der Waals surface area contributed by atoms with Crippen molar-refractivity contribution in [3.8, 4) is 0 Å². The minimum atomic E-state index is -3.67. The van der Waals surface area contributed by atoms with Gasteiger partial charge in [0.1, 0.15) is 6.04 Å². The zero-order valence-corrected chi connectivity index (χ0v) is 22.7. The van der Waals surface area contributed by atoms with Crippen LogP contribution in [0.3, 0.4) is 0 Å². The van der Waals surface area contributed by atoms with Crippen LogP contribution in [0.25, 0.3) is 10.8 Å². The lowest BCUT2D eigenvalue weighted by Gasteiger charge is -2.30. The van der Waals surface area contributed by atoms with E-state index in [2.05, 4.69) is 5.32 Å². The van der Waals surface area contributed by atoms with Crippen LogP contribution < -0.4 is 9.62 Å². The van der Waals surface area contributed by atoms with Gasteiger partial charge in [-0.05, 0) is 56.7 Å². The molecule has 4 rings (SSSR count). The Hall–Kier alpha value is -3.39. The highest BCUT2D eigenvalue weighted by Gasteiger charge is 2.35. The zero-order chi connectivity index (χ0) is 26.7. The number of benzene rings is 3. The third-order valence-corrected chi connectivity index (χ3v) is 8.89. The number of rotatable bonds is 10. The maximum Gasteiger partial charge on any atom is 0.265 e. The minimum Gasteiger partial charge on any atom is -0.352 e. The molecule has 3 aromatic carbocycles. The molecule has 0 radical (unpaired) electrons. The number of hydrogen-bond donors (Lipinski definition) is 1. The second kappa shape index (κ2) is 10.9. The van der Waals surface area contributed by atoms with Gasteiger partial charge < -0.3 is 10.2 Å². The summed E-state index contributed by atoms with van der Waals surface area (Å²) in [4.78, 5) is 28.3. The van der Waals surface area contributed by atoms with Crippen LogP contribution in [0.1, 0.15) is 51.2 Å². The van der Waals surface area contributed by atoms with Crippen LogP contribution in [0.15, 0.2) is 65.6 Å². The molecule has 37 heavy (non-hydrogen) atoms. The van der Waals surface area contributed by atoms with Crippen molar-refractivity contribution in [1.82, 2.24) is 10.2 Å². The van der Waals surface area contributed by atoms with Gasteiger partial charge in [-0.3, -0.25) is 13.9 Å². The monoisotopic (exact) mass is 521 g/mol. The Morgan fingerprint density at radius 3 is 2.43 bits per heavy atom. The van der Waals surface area contributed by atoms with Crippen LogP contribution in [0.5, 0.6) is 0 Å². The zero-order valence-electron chi connectivity index (χ0n) is 21.9. The third-order valence-electron chi connectivity index (χ3n) is 7.04. The summed E-state index contributed by atoms with van der Waals surface area (Å²) in [5, 5.41) is 4.58. The molecule has 1 heterocycles. The number of hydrogen-bond acceptors (Lipinski definition) is 4. The number of carbonyl (C=O) groups excluding carboxylic acids is 2. The van der Waals surface area contributed by atoms with Gasteiger partial charge in [0.15, 0.2) is 0 Å². The molecule has 196 valence electrons. The first-order valence-electron chi connectivity index (χ1n) is 12.8. The molecule has 1 aliphatic heterocycles. The molecule has 0 spiro atoms. The number of carbonyl (C=O) groups is 2. The summed E-state index contributed by atoms with van der Waals surface area (Å²) in [5.74, 6) is -0.375. The fraction of sp³-hybridized carbons (Fsp3) is 0.379. The van der Waals surface area contributed by atoms with Crippen LogP contribution in [-0.2, 0) is 26.2 Å². The van der Waals surface area contributed by atoms with Gasteiger partial charge in [-0.15, -0.1) is 0 Å². The molecule has 7 nitrogen and oxygen atoms in total. The van der Waals surface area contributed by atoms with Gasteiger partial charge in [0.05, 0.1) is 10.6 Å². The van der Waals surface area contributed by atoms with E-state index in [4.69, 9.17) is 0 Å². The lowest BCUT2D eigenvalue weighted by Crippen LogP contribution is -2.49. The summed E-state index contributed by atoms with van der Waals surface area (Å²) in [5.41, 5.74) is 2.67. The molecular weight excluding hydrogens is 486 g/mol. The average molecular weight is 522 g/mol. The Bertz CT molecular complexity index is 1410. The van der Waals surface area contributed by atoms with Gasteiger partial charge in [0.2, 0.25) is 11.8 Å². The van der Waals surface area contributed by atoms with Crippen molar-refractivity contribution in [2.75, 3.05) is 10.8 Å². The Labute approximate surface area is 219 Å². The molecule has 8 heteroatoms. The highest BCUT2D eigenvalue weighted by molar-refractivity contribution is 7.93. The Morgan fingerprint density at radius 2 is 1.73 bits per heavy atom. The second-order valence-corrected chi connectivity index (χ2v) is 11.6. The molecule has 3 aromatic rings. The van der Waals surface area contributed by atoms with Crippen molar-refractivity contribution < 1.29 is 18.0 Å². The Balaban J connectivity index is 1.50. The van der Waals surface area contributed by atoms with Gasteiger partial charge in [0, 0.05) is 30.9 Å². The predicted octanol–water partition coefficient (Wildman–Crippen LogP) is 4.77. The van der Waals surface area contributed by atoms with Crippen molar-refractivity contribution in [2.24, 2.45) is 0 Å². The summed E-state index contributed by atoms with van der Waals surface area (Å²) in [7, 11) is -3.67. The first kappa shape index (κ1) is 26.7. The van der Waals surface area contributed by atoms with Crippen LogP contribution in [-0.4, -0.2) is 43.8 Å². The standard InChI is InChI=1S/C29H35N3O4S/c1-5-21(3)30-29(34)22(4)31(19-23-11-6-10-20(2)18-23)27(33)16-9-17-32-25-14-7-12-24-13-8-15-26(28(24)25)37(32,35)36/h6-8,10-15,18,21-22H,5,9,16-17,19H2,1-4H3,(H,30,34)/t21-,22-/m1/s1. The first-order valence-corrected chi connectivity index (χ1v) is 14.3. The third kappa shape index (κ3) is 5.49. The first-order chi connectivity index (χ1) is 17.6. The van der Waals surface area contributed by atoms with Crippen LogP contribution in [0.4, 0.5) is 5.69 Å². The van der Waals surface area contributed by atoms with E-state index in [-0.39, 0.29) is 30.8 Å². The number of amides is 2. The summed E-state index contributed by atoms with van der Waals surface area (Å²) in [6.45, 7) is 8.16. The normalized spacial score (nSPS) is 15.4. The fourth-order valence-electron chi connectivity index (χ4n) is 4.77. The molecule has 2 amide bonds. The maximum absolute atomic E-state index is 13.5. The molecule has 2 atom stereocenters. The molecule has 1 N–H and O–H groups in total. The van der Waals surface area contributed by atoms with Gasteiger partial charge in [0.25, 0.3) is 10.0 Å². The van der Waals surface area contributed by atoms with Crippen LogP contribution in [0.2, 0.25) is 0 Å². The van der Waals surface area contributed by atoms with E-state index in [1.165, 1.54) is 4.31 Å². The molecule has 0 saturated heterocycles. The smallest absolute Gasteiger partial charge is 0.265 e. The SMILES string of the molecule is CC[C@@H](C)NC(=O)[C@@H](C)N(Cc1cccc(C)c1)C(=O)CCCN1c2cccc3cccc(c23)S1(=O)=O. The summed E-state index contributed by atoms with van der Waals surface area (Å²) < 4.78 is 27.9. The fourth-order valence-corrected chi connectivity index (χ4v) is 6.52. The van der Waals surface area contributed by atoms with Crippen molar-refractivity contribution >= 4 is 38.3 Å². The van der Waals surface area contributed by atoms with Gasteiger partial charge in [-0.2, -0.15) is 0 Å². The number of sulfonamides is 1. The predicted molar refractivity (Wildman–Crippen MR) is 147 cm³/mol. The average Bonchev–Trinajstić information content (AvgIpc) is 3.09. The Kier molecular flexibility index (Phi) is 7.87. The molecule has 0 unspecified atom stereocenters. The molecule has 0 saturated carbocycles. The number of nitrogens with zero attached hydrogens (tertiary/aromatic N) is 2. The summed E-state index contributed by atoms with van der Waals surface area (Å²) in [6, 6.07) is 18.1. The van der Waals surface area contributed by atoms with E-state index in [0.29, 0.717) is 23.5 Å². The summed E-state index contributed by atoms with van der Waals surface area (Å²) in [6.07, 6.45) is 1.27. The van der Waals surface area contributed by atoms with E-state index >= 15 is 0 Å². The second-order valence-electron chi connectivity index (χ2n) is 9.82. The molecule has 0 aliphatic carbocycles. The number of aryl methyl sites for hydroxylation is 1. The quantitative estimate of drug-likeness (QED) is 0.416. The molecule has 1 aliphatic rings.